The number of carbonyl (C=O) groups is 1. The van der Waals surface area contributed by atoms with Crippen LogP contribution in [-0.4, -0.2) is 18.9 Å². The highest BCUT2D eigenvalue weighted by Gasteiger charge is 2.23. The minimum atomic E-state index is -1.01. The van der Waals surface area contributed by atoms with Gasteiger partial charge in [0.05, 0.1) is 18.7 Å². The van der Waals surface area contributed by atoms with E-state index in [2.05, 4.69) is 4.74 Å². The third-order valence-corrected chi connectivity index (χ3v) is 1.94. The SMILES string of the molecule is COc1ccc(F)c(C(=O)C(C)N)c1F. The molecule has 5 heteroatoms. The van der Waals surface area contributed by atoms with Gasteiger partial charge in [-0.05, 0) is 19.1 Å². The maximum Gasteiger partial charge on any atom is 0.185 e. The molecular weight excluding hydrogens is 204 g/mol. The molecule has 0 fully saturated rings. The van der Waals surface area contributed by atoms with E-state index in [0.717, 1.165) is 12.1 Å². The second kappa shape index (κ2) is 4.35. The van der Waals surface area contributed by atoms with Crippen molar-refractivity contribution in [2.24, 2.45) is 5.73 Å². The molecule has 2 N–H and O–H groups in total. The summed E-state index contributed by atoms with van der Waals surface area (Å²) in [4.78, 5) is 11.4. The lowest BCUT2D eigenvalue weighted by molar-refractivity contribution is 0.0958. The van der Waals surface area contributed by atoms with Crippen molar-refractivity contribution >= 4 is 5.78 Å². The van der Waals surface area contributed by atoms with Crippen LogP contribution < -0.4 is 10.5 Å². The summed E-state index contributed by atoms with van der Waals surface area (Å²) in [7, 11) is 1.23. The fourth-order valence-corrected chi connectivity index (χ4v) is 1.14. The average Bonchev–Trinajstić information content (AvgIpc) is 2.17. The minimum absolute atomic E-state index is 0.180. The number of methoxy groups -OCH3 is 1. The van der Waals surface area contributed by atoms with E-state index in [1.165, 1.54) is 14.0 Å². The van der Waals surface area contributed by atoms with Crippen molar-refractivity contribution in [3.05, 3.63) is 29.3 Å². The number of halogens is 2. The smallest absolute Gasteiger partial charge is 0.185 e. The first-order valence-corrected chi connectivity index (χ1v) is 4.30. The maximum atomic E-state index is 13.5. The largest absolute Gasteiger partial charge is 0.494 e. The fraction of sp³-hybridized carbons (Fsp3) is 0.300. The molecule has 0 aliphatic heterocycles. The summed E-state index contributed by atoms with van der Waals surface area (Å²) < 4.78 is 31.3. The van der Waals surface area contributed by atoms with Gasteiger partial charge >= 0.3 is 0 Å². The Labute approximate surface area is 85.8 Å². The highest BCUT2D eigenvalue weighted by atomic mass is 19.1. The molecule has 0 saturated heterocycles. The molecule has 15 heavy (non-hydrogen) atoms. The van der Waals surface area contributed by atoms with Crippen LogP contribution in [0.5, 0.6) is 5.75 Å². The topological polar surface area (TPSA) is 52.3 Å². The van der Waals surface area contributed by atoms with Crippen LogP contribution in [-0.2, 0) is 0 Å². The summed E-state index contributed by atoms with van der Waals surface area (Å²) in [5.41, 5.74) is 4.62. The standard InChI is InChI=1S/C10H11F2NO2/c1-5(13)10(14)8-6(11)3-4-7(15-2)9(8)12/h3-5H,13H2,1-2H3. The van der Waals surface area contributed by atoms with Crippen LogP contribution in [0.2, 0.25) is 0 Å². The van der Waals surface area contributed by atoms with Gasteiger partial charge in [-0.2, -0.15) is 0 Å². The van der Waals surface area contributed by atoms with E-state index >= 15 is 0 Å². The van der Waals surface area contributed by atoms with E-state index < -0.39 is 29.0 Å². The molecule has 1 aromatic rings. The molecule has 0 amide bonds. The first-order chi connectivity index (χ1) is 6.99. The molecule has 3 nitrogen and oxygen atoms in total. The lowest BCUT2D eigenvalue weighted by Gasteiger charge is -2.09. The molecule has 0 aliphatic rings. The van der Waals surface area contributed by atoms with Gasteiger partial charge in [0.2, 0.25) is 0 Å². The Balaban J connectivity index is 3.33. The van der Waals surface area contributed by atoms with Crippen molar-refractivity contribution in [3.63, 3.8) is 0 Å². The van der Waals surface area contributed by atoms with Gasteiger partial charge in [0, 0.05) is 0 Å². The zero-order valence-electron chi connectivity index (χ0n) is 8.38. The zero-order chi connectivity index (χ0) is 11.6. The van der Waals surface area contributed by atoms with E-state index in [1.54, 1.807) is 0 Å². The summed E-state index contributed by atoms with van der Waals surface area (Å²) in [5.74, 6) is -2.92. The molecule has 0 heterocycles. The number of rotatable bonds is 3. The first-order valence-electron chi connectivity index (χ1n) is 4.30. The van der Waals surface area contributed by atoms with Crippen molar-refractivity contribution in [3.8, 4) is 5.75 Å². The van der Waals surface area contributed by atoms with Crippen molar-refractivity contribution in [1.29, 1.82) is 0 Å². The monoisotopic (exact) mass is 215 g/mol. The Morgan fingerprint density at radius 2 is 2.07 bits per heavy atom. The molecule has 1 atom stereocenters. The normalized spacial score (nSPS) is 12.3. The van der Waals surface area contributed by atoms with Crippen LogP contribution in [0.1, 0.15) is 17.3 Å². The van der Waals surface area contributed by atoms with Crippen LogP contribution in [0.3, 0.4) is 0 Å². The van der Waals surface area contributed by atoms with Crippen LogP contribution >= 0.6 is 0 Å². The second-order valence-electron chi connectivity index (χ2n) is 3.09. The number of Topliss-reactive ketones (excluding diaryl/α,β-unsaturated/α-hetero) is 1. The number of benzene rings is 1. The molecule has 1 aromatic carbocycles. The van der Waals surface area contributed by atoms with Gasteiger partial charge < -0.3 is 10.5 Å². The highest BCUT2D eigenvalue weighted by Crippen LogP contribution is 2.23. The summed E-state index contributed by atoms with van der Waals surface area (Å²) in [6.07, 6.45) is 0. The second-order valence-corrected chi connectivity index (χ2v) is 3.09. The molecule has 0 radical (unpaired) electrons. The summed E-state index contributed by atoms with van der Waals surface area (Å²) in [6.45, 7) is 1.36. The molecule has 0 aliphatic carbocycles. The van der Waals surface area contributed by atoms with Crippen LogP contribution in [0.15, 0.2) is 12.1 Å². The van der Waals surface area contributed by atoms with E-state index in [-0.39, 0.29) is 5.75 Å². The number of ether oxygens (including phenoxy) is 1. The minimum Gasteiger partial charge on any atom is -0.494 e. The fourth-order valence-electron chi connectivity index (χ4n) is 1.14. The van der Waals surface area contributed by atoms with Crippen molar-refractivity contribution in [2.75, 3.05) is 7.11 Å². The number of hydrogen-bond acceptors (Lipinski definition) is 3. The summed E-state index contributed by atoms with van der Waals surface area (Å²) in [6, 6.07) is 1.13. The van der Waals surface area contributed by atoms with Crippen LogP contribution in [0.4, 0.5) is 8.78 Å². The molecule has 0 spiro atoms. The molecule has 0 aromatic heterocycles. The Morgan fingerprint density at radius 3 is 2.53 bits per heavy atom. The van der Waals surface area contributed by atoms with Gasteiger partial charge in [-0.1, -0.05) is 0 Å². The van der Waals surface area contributed by atoms with Gasteiger partial charge in [0.15, 0.2) is 17.3 Å². The van der Waals surface area contributed by atoms with E-state index in [1.807, 2.05) is 0 Å². The van der Waals surface area contributed by atoms with E-state index in [9.17, 15) is 13.6 Å². The van der Waals surface area contributed by atoms with Crippen molar-refractivity contribution in [2.45, 2.75) is 13.0 Å². The van der Waals surface area contributed by atoms with E-state index in [0.29, 0.717) is 0 Å². The van der Waals surface area contributed by atoms with E-state index in [4.69, 9.17) is 5.73 Å². The third kappa shape index (κ3) is 2.12. The first kappa shape index (κ1) is 11.6. The lowest BCUT2D eigenvalue weighted by atomic mass is 10.0. The Kier molecular flexibility index (Phi) is 3.36. The third-order valence-electron chi connectivity index (χ3n) is 1.94. The lowest BCUT2D eigenvalue weighted by Crippen LogP contribution is -2.28. The Morgan fingerprint density at radius 1 is 1.47 bits per heavy atom. The van der Waals surface area contributed by atoms with Gasteiger partial charge in [-0.3, -0.25) is 4.79 Å². The predicted octanol–water partition coefficient (Wildman–Crippen LogP) is 1.50. The molecule has 0 bridgehead atoms. The molecule has 1 rings (SSSR count). The molecular formula is C10H11F2NO2. The van der Waals surface area contributed by atoms with Crippen LogP contribution in [0.25, 0.3) is 0 Å². The van der Waals surface area contributed by atoms with Gasteiger partial charge in [0.1, 0.15) is 5.82 Å². The van der Waals surface area contributed by atoms with Crippen molar-refractivity contribution in [1.82, 2.24) is 0 Å². The molecule has 0 saturated carbocycles. The number of carbonyl (C=O) groups excluding carboxylic acids is 1. The summed E-state index contributed by atoms with van der Waals surface area (Å²) >= 11 is 0. The predicted molar refractivity (Wildman–Crippen MR) is 50.9 cm³/mol. The summed E-state index contributed by atoms with van der Waals surface area (Å²) in [5, 5.41) is 0. The van der Waals surface area contributed by atoms with Crippen LogP contribution in [0, 0.1) is 11.6 Å². The number of ketones is 1. The number of hydrogen-bond donors (Lipinski definition) is 1. The Hall–Kier alpha value is -1.49. The highest BCUT2D eigenvalue weighted by molar-refractivity contribution is 6.00. The van der Waals surface area contributed by atoms with Gasteiger partial charge in [-0.25, -0.2) is 8.78 Å². The van der Waals surface area contributed by atoms with Crippen molar-refractivity contribution < 1.29 is 18.3 Å². The Bertz CT molecular complexity index is 391. The molecule has 1 unspecified atom stereocenters. The number of nitrogens with two attached hydrogens (primary N) is 1. The van der Waals surface area contributed by atoms with Gasteiger partial charge in [-0.15, -0.1) is 0 Å². The maximum absolute atomic E-state index is 13.5. The molecule has 82 valence electrons. The zero-order valence-corrected chi connectivity index (χ0v) is 8.38. The van der Waals surface area contributed by atoms with Gasteiger partial charge in [0.25, 0.3) is 0 Å². The average molecular weight is 215 g/mol. The quantitative estimate of drug-likeness (QED) is 0.777.